The fourth-order valence-corrected chi connectivity index (χ4v) is 6.07. The van der Waals surface area contributed by atoms with E-state index in [9.17, 15) is 13.2 Å². The van der Waals surface area contributed by atoms with E-state index >= 15 is 0 Å². The summed E-state index contributed by atoms with van der Waals surface area (Å²) in [6.07, 6.45) is 3.25. The number of hydrogen-bond donors (Lipinski definition) is 0. The van der Waals surface area contributed by atoms with Gasteiger partial charge in [0.1, 0.15) is 0 Å². The minimum absolute atomic E-state index is 0.121. The second-order valence-corrected chi connectivity index (χ2v) is 10.2. The SMILES string of the molecule is Cc1cc(S(=O)(=O)N2CCN(C(=O)/C=C/c3ccc(Cl)cc3)CC2)c(C)s1. The third-order valence-corrected chi connectivity index (χ3v) is 7.82. The maximum atomic E-state index is 12.8. The number of halogens is 1. The summed E-state index contributed by atoms with van der Waals surface area (Å²) in [5.74, 6) is -0.121. The van der Waals surface area contributed by atoms with Crippen molar-refractivity contribution in [3.8, 4) is 0 Å². The van der Waals surface area contributed by atoms with Gasteiger partial charge < -0.3 is 4.90 Å². The van der Waals surface area contributed by atoms with Crippen LogP contribution in [0.25, 0.3) is 6.08 Å². The predicted molar refractivity (Wildman–Crippen MR) is 110 cm³/mol. The lowest BCUT2D eigenvalue weighted by atomic mass is 10.2. The van der Waals surface area contributed by atoms with Gasteiger partial charge in [-0.1, -0.05) is 23.7 Å². The summed E-state index contributed by atoms with van der Waals surface area (Å²) in [7, 11) is -3.51. The van der Waals surface area contributed by atoms with Crippen LogP contribution in [0.15, 0.2) is 41.3 Å². The lowest BCUT2D eigenvalue weighted by Crippen LogP contribution is -2.50. The fraction of sp³-hybridized carbons (Fsp3) is 0.316. The van der Waals surface area contributed by atoms with Gasteiger partial charge in [-0.25, -0.2) is 8.42 Å². The van der Waals surface area contributed by atoms with Crippen molar-refractivity contribution in [2.45, 2.75) is 18.7 Å². The van der Waals surface area contributed by atoms with Crippen molar-refractivity contribution in [3.05, 3.63) is 56.7 Å². The van der Waals surface area contributed by atoms with Crippen molar-refractivity contribution in [3.63, 3.8) is 0 Å². The summed E-state index contributed by atoms with van der Waals surface area (Å²) in [5, 5.41) is 0.645. The largest absolute Gasteiger partial charge is 0.337 e. The molecule has 0 radical (unpaired) electrons. The topological polar surface area (TPSA) is 57.7 Å². The van der Waals surface area contributed by atoms with Crippen molar-refractivity contribution in [1.82, 2.24) is 9.21 Å². The smallest absolute Gasteiger partial charge is 0.246 e. The van der Waals surface area contributed by atoms with E-state index in [2.05, 4.69) is 0 Å². The molecule has 0 spiro atoms. The standard InChI is InChI=1S/C19H21ClN2O3S2/c1-14-13-18(15(2)26-14)27(24,25)22-11-9-21(10-12-22)19(23)8-5-16-3-6-17(20)7-4-16/h3-8,13H,9-12H2,1-2H3/b8-5+. The summed E-state index contributed by atoms with van der Waals surface area (Å²) in [6, 6.07) is 8.93. The number of amides is 1. The first-order chi connectivity index (χ1) is 12.8. The molecular formula is C19H21ClN2O3S2. The van der Waals surface area contributed by atoms with Crippen molar-refractivity contribution >= 4 is 44.9 Å². The number of hydrogen-bond acceptors (Lipinski definition) is 4. The Morgan fingerprint density at radius 2 is 1.74 bits per heavy atom. The number of nitrogens with zero attached hydrogens (tertiary/aromatic N) is 2. The molecule has 1 aromatic heterocycles. The number of sulfonamides is 1. The Labute approximate surface area is 168 Å². The van der Waals surface area contributed by atoms with Gasteiger partial charge in [-0.3, -0.25) is 4.79 Å². The number of benzene rings is 1. The van der Waals surface area contributed by atoms with Crippen LogP contribution < -0.4 is 0 Å². The quantitative estimate of drug-likeness (QED) is 0.705. The second-order valence-electron chi connectivity index (χ2n) is 6.39. The molecule has 27 heavy (non-hydrogen) atoms. The van der Waals surface area contributed by atoms with E-state index in [0.29, 0.717) is 36.1 Å². The maximum Gasteiger partial charge on any atom is 0.246 e. The summed E-state index contributed by atoms with van der Waals surface area (Å²) >= 11 is 7.33. The van der Waals surface area contributed by atoms with Crippen molar-refractivity contribution in [1.29, 1.82) is 0 Å². The zero-order valence-corrected chi connectivity index (χ0v) is 17.6. The summed E-state index contributed by atoms with van der Waals surface area (Å²) in [6.45, 7) is 5.09. The van der Waals surface area contributed by atoms with E-state index in [1.165, 1.54) is 21.7 Å². The van der Waals surface area contributed by atoms with Gasteiger partial charge in [0.15, 0.2) is 0 Å². The Morgan fingerprint density at radius 1 is 1.11 bits per heavy atom. The summed E-state index contributed by atoms with van der Waals surface area (Å²) in [5.41, 5.74) is 0.886. The maximum absolute atomic E-state index is 12.8. The first kappa shape index (κ1) is 20.1. The van der Waals surface area contributed by atoms with E-state index in [1.54, 1.807) is 29.2 Å². The van der Waals surface area contributed by atoms with Crippen LogP contribution in [0.3, 0.4) is 0 Å². The molecule has 0 atom stereocenters. The summed E-state index contributed by atoms with van der Waals surface area (Å²) in [4.78, 5) is 16.2. The monoisotopic (exact) mass is 424 g/mol. The molecule has 0 saturated carbocycles. The first-order valence-electron chi connectivity index (χ1n) is 8.57. The van der Waals surface area contributed by atoms with Crippen LogP contribution in [0, 0.1) is 13.8 Å². The van der Waals surface area contributed by atoms with Gasteiger partial charge in [-0.15, -0.1) is 11.3 Å². The Kier molecular flexibility index (Phi) is 6.05. The molecule has 2 aromatic rings. The third-order valence-electron chi connectivity index (χ3n) is 4.45. The molecule has 0 bridgehead atoms. The molecule has 1 aromatic carbocycles. The predicted octanol–water partition coefficient (Wildman–Crippen LogP) is 3.56. The van der Waals surface area contributed by atoms with E-state index < -0.39 is 10.0 Å². The van der Waals surface area contributed by atoms with Crippen LogP contribution in [0.1, 0.15) is 15.3 Å². The second kappa shape index (κ2) is 8.14. The van der Waals surface area contributed by atoms with Crippen molar-refractivity contribution in [2.24, 2.45) is 0 Å². The third kappa shape index (κ3) is 4.60. The average molecular weight is 425 g/mol. The molecule has 1 aliphatic heterocycles. The van der Waals surface area contributed by atoms with Crippen LogP contribution >= 0.6 is 22.9 Å². The van der Waals surface area contributed by atoms with Crippen LogP contribution in [-0.4, -0.2) is 49.7 Å². The van der Waals surface area contributed by atoms with Crippen molar-refractivity contribution < 1.29 is 13.2 Å². The lowest BCUT2D eigenvalue weighted by Gasteiger charge is -2.33. The number of carbonyl (C=O) groups is 1. The molecule has 1 aliphatic rings. The van der Waals surface area contributed by atoms with Crippen molar-refractivity contribution in [2.75, 3.05) is 26.2 Å². The van der Waals surface area contributed by atoms with Gasteiger partial charge in [-0.2, -0.15) is 4.31 Å². The highest BCUT2D eigenvalue weighted by molar-refractivity contribution is 7.89. The number of rotatable bonds is 4. The Bertz CT molecular complexity index is 957. The normalized spacial score (nSPS) is 16.2. The zero-order valence-electron chi connectivity index (χ0n) is 15.2. The van der Waals surface area contributed by atoms with Gasteiger partial charge in [0.2, 0.25) is 15.9 Å². The van der Waals surface area contributed by atoms with Crippen LogP contribution in [-0.2, 0) is 14.8 Å². The van der Waals surface area contributed by atoms with E-state index in [1.807, 2.05) is 26.0 Å². The molecule has 2 heterocycles. The van der Waals surface area contributed by atoms with Crippen LogP contribution in [0.5, 0.6) is 0 Å². The van der Waals surface area contributed by atoms with E-state index in [0.717, 1.165) is 15.3 Å². The zero-order chi connectivity index (χ0) is 19.6. The lowest BCUT2D eigenvalue weighted by molar-refractivity contribution is -0.127. The highest BCUT2D eigenvalue weighted by Gasteiger charge is 2.31. The van der Waals surface area contributed by atoms with Gasteiger partial charge in [0, 0.05) is 47.0 Å². The minimum Gasteiger partial charge on any atom is -0.337 e. The molecule has 5 nitrogen and oxygen atoms in total. The molecule has 1 fully saturated rings. The Balaban J connectivity index is 1.62. The fourth-order valence-electron chi connectivity index (χ4n) is 3.00. The molecule has 3 rings (SSSR count). The first-order valence-corrected chi connectivity index (χ1v) is 11.2. The summed E-state index contributed by atoms with van der Waals surface area (Å²) < 4.78 is 27.1. The average Bonchev–Trinajstić information content (AvgIpc) is 3.00. The van der Waals surface area contributed by atoms with Crippen LogP contribution in [0.4, 0.5) is 0 Å². The highest BCUT2D eigenvalue weighted by Crippen LogP contribution is 2.28. The number of thiophene rings is 1. The van der Waals surface area contributed by atoms with Gasteiger partial charge in [0.05, 0.1) is 4.90 Å². The molecule has 0 unspecified atom stereocenters. The molecule has 8 heteroatoms. The number of carbonyl (C=O) groups excluding carboxylic acids is 1. The Hall–Kier alpha value is -1.67. The Morgan fingerprint density at radius 3 is 2.30 bits per heavy atom. The van der Waals surface area contributed by atoms with Gasteiger partial charge in [0.25, 0.3) is 0 Å². The number of piperazine rings is 1. The molecule has 0 aliphatic carbocycles. The molecule has 1 saturated heterocycles. The van der Waals surface area contributed by atoms with Crippen LogP contribution in [0.2, 0.25) is 5.02 Å². The van der Waals surface area contributed by atoms with E-state index in [-0.39, 0.29) is 5.91 Å². The highest BCUT2D eigenvalue weighted by atomic mass is 35.5. The molecular weight excluding hydrogens is 404 g/mol. The molecule has 0 N–H and O–H groups in total. The minimum atomic E-state index is -3.51. The van der Waals surface area contributed by atoms with Gasteiger partial charge in [-0.05, 0) is 43.7 Å². The van der Waals surface area contributed by atoms with Gasteiger partial charge >= 0.3 is 0 Å². The van der Waals surface area contributed by atoms with E-state index in [4.69, 9.17) is 11.6 Å². The molecule has 1 amide bonds. The number of aryl methyl sites for hydroxylation is 2. The molecule has 144 valence electrons.